The van der Waals surface area contributed by atoms with Crippen LogP contribution < -0.4 is 0 Å². The highest BCUT2D eigenvalue weighted by molar-refractivity contribution is 5.99. The zero-order chi connectivity index (χ0) is 23.9. The Hall–Kier alpha value is -2.89. The molecule has 32 heavy (non-hydrogen) atoms. The number of carbonyl (C=O) groups excluding carboxylic acids is 1. The minimum Gasteiger partial charge on any atom is -0.325 e. The Morgan fingerprint density at radius 3 is 2.00 bits per heavy atom. The zero-order valence-electron chi connectivity index (χ0n) is 19.3. The number of aromatic nitrogens is 2. The van der Waals surface area contributed by atoms with Crippen molar-refractivity contribution < 1.29 is 18.0 Å². The number of Topliss-reactive ketones (excluding diaryl/α,β-unsaturated/α-hetero) is 1. The third-order valence-corrected chi connectivity index (χ3v) is 5.15. The van der Waals surface area contributed by atoms with Gasteiger partial charge in [-0.2, -0.15) is 13.2 Å². The molecule has 0 spiro atoms. The van der Waals surface area contributed by atoms with Crippen molar-refractivity contribution in [1.82, 2.24) is 9.55 Å². The van der Waals surface area contributed by atoms with Crippen LogP contribution >= 0.6 is 0 Å². The normalized spacial score (nSPS) is 12.8. The summed E-state index contributed by atoms with van der Waals surface area (Å²) in [7, 11) is 0. The number of nitrogens with zero attached hydrogens (tertiary/aromatic N) is 2. The summed E-state index contributed by atoms with van der Waals surface area (Å²) in [5, 5.41) is 0. The molecule has 170 valence electrons. The van der Waals surface area contributed by atoms with Crippen LogP contribution in [0.4, 0.5) is 13.2 Å². The van der Waals surface area contributed by atoms with Crippen molar-refractivity contribution in [3.8, 4) is 22.4 Å². The smallest absolute Gasteiger partial charge is 0.325 e. The van der Waals surface area contributed by atoms with Gasteiger partial charge in [0.15, 0.2) is 5.78 Å². The first kappa shape index (κ1) is 23.8. The molecule has 3 aromatic rings. The van der Waals surface area contributed by atoms with Crippen LogP contribution in [0.3, 0.4) is 0 Å². The van der Waals surface area contributed by atoms with Crippen LogP contribution in [0.15, 0.2) is 55.0 Å². The zero-order valence-corrected chi connectivity index (χ0v) is 19.3. The number of imidazole rings is 1. The van der Waals surface area contributed by atoms with E-state index in [1.54, 1.807) is 18.6 Å². The lowest BCUT2D eigenvalue weighted by molar-refractivity contribution is -0.137. The second-order valence-corrected chi connectivity index (χ2v) is 10.4. The lowest BCUT2D eigenvalue weighted by Gasteiger charge is -2.24. The van der Waals surface area contributed by atoms with Gasteiger partial charge in [0.1, 0.15) is 0 Å². The molecule has 0 saturated carbocycles. The SMILES string of the molecule is CC(C)(C)CC(=O)c1cc(-c2ccc(C(F)(F)F)cc2)cc(-c2cncn2C(C)(C)C)c1. The first-order valence-corrected chi connectivity index (χ1v) is 10.5. The van der Waals surface area contributed by atoms with Gasteiger partial charge in [-0.25, -0.2) is 4.98 Å². The maximum Gasteiger partial charge on any atom is 0.416 e. The first-order chi connectivity index (χ1) is 14.6. The van der Waals surface area contributed by atoms with Crippen LogP contribution in [0.5, 0.6) is 0 Å². The lowest BCUT2D eigenvalue weighted by Crippen LogP contribution is -2.21. The van der Waals surface area contributed by atoms with Crippen LogP contribution in [0.25, 0.3) is 22.4 Å². The van der Waals surface area contributed by atoms with Crippen LogP contribution in [0.1, 0.15) is 63.9 Å². The van der Waals surface area contributed by atoms with Gasteiger partial charge in [-0.1, -0.05) is 32.9 Å². The quantitative estimate of drug-likeness (QED) is 0.390. The van der Waals surface area contributed by atoms with E-state index in [2.05, 4.69) is 25.8 Å². The van der Waals surface area contributed by atoms with Crippen molar-refractivity contribution in [2.75, 3.05) is 0 Å². The van der Waals surface area contributed by atoms with E-state index in [0.717, 1.165) is 23.4 Å². The van der Waals surface area contributed by atoms with Gasteiger partial charge >= 0.3 is 6.18 Å². The van der Waals surface area contributed by atoms with Crippen LogP contribution in [-0.2, 0) is 11.7 Å². The summed E-state index contributed by atoms with van der Waals surface area (Å²) in [4.78, 5) is 17.4. The molecular weight excluding hydrogens is 413 g/mol. The number of alkyl halides is 3. The fourth-order valence-electron chi connectivity index (χ4n) is 3.58. The van der Waals surface area contributed by atoms with Gasteiger partial charge in [0.2, 0.25) is 0 Å². The van der Waals surface area contributed by atoms with E-state index in [0.29, 0.717) is 23.1 Å². The monoisotopic (exact) mass is 442 g/mol. The van der Waals surface area contributed by atoms with E-state index in [9.17, 15) is 18.0 Å². The Labute approximate surface area is 187 Å². The third kappa shape index (κ3) is 5.47. The number of rotatable bonds is 4. The summed E-state index contributed by atoms with van der Waals surface area (Å²) >= 11 is 0. The molecule has 1 heterocycles. The largest absolute Gasteiger partial charge is 0.416 e. The van der Waals surface area contributed by atoms with Crippen molar-refractivity contribution in [1.29, 1.82) is 0 Å². The molecule has 0 aliphatic rings. The fraction of sp³-hybridized carbons (Fsp3) is 0.385. The van der Waals surface area contributed by atoms with Crippen molar-refractivity contribution in [3.05, 3.63) is 66.1 Å². The summed E-state index contributed by atoms with van der Waals surface area (Å²) in [6, 6.07) is 10.5. The van der Waals surface area contributed by atoms with Gasteiger partial charge in [-0.05, 0) is 67.6 Å². The number of ketones is 1. The second kappa shape index (κ2) is 8.23. The Balaban J connectivity index is 2.16. The van der Waals surface area contributed by atoms with Crippen LogP contribution in [-0.4, -0.2) is 15.3 Å². The molecule has 0 saturated heterocycles. The van der Waals surface area contributed by atoms with E-state index in [1.165, 1.54) is 12.1 Å². The summed E-state index contributed by atoms with van der Waals surface area (Å²) in [6.45, 7) is 12.2. The number of hydrogen-bond donors (Lipinski definition) is 0. The standard InChI is InChI=1S/C26H29F3N2O/c1-24(2,3)14-23(32)20-12-18(17-7-9-21(10-8-17)26(27,28)29)11-19(13-20)22-15-30-16-31(22)25(4,5)6/h7-13,15-16H,14H2,1-6H3. The molecule has 0 unspecified atom stereocenters. The van der Waals surface area contributed by atoms with Gasteiger partial charge in [-0.3, -0.25) is 4.79 Å². The Morgan fingerprint density at radius 2 is 1.47 bits per heavy atom. The summed E-state index contributed by atoms with van der Waals surface area (Å²) < 4.78 is 41.0. The molecular formula is C26H29F3N2O. The predicted molar refractivity (Wildman–Crippen MR) is 121 cm³/mol. The van der Waals surface area contributed by atoms with Gasteiger partial charge in [0, 0.05) is 23.1 Å². The molecule has 3 rings (SSSR count). The van der Waals surface area contributed by atoms with Gasteiger partial charge in [-0.15, -0.1) is 0 Å². The first-order valence-electron chi connectivity index (χ1n) is 10.5. The number of halogens is 3. The van der Waals surface area contributed by atoms with E-state index >= 15 is 0 Å². The van der Waals surface area contributed by atoms with Crippen molar-refractivity contribution >= 4 is 5.78 Å². The highest BCUT2D eigenvalue weighted by atomic mass is 19.4. The minimum absolute atomic E-state index is 0.00524. The number of carbonyl (C=O) groups is 1. The topological polar surface area (TPSA) is 34.9 Å². The maximum absolute atomic E-state index is 13.1. The molecule has 6 heteroatoms. The molecule has 2 aromatic carbocycles. The van der Waals surface area contributed by atoms with E-state index in [1.807, 2.05) is 37.5 Å². The average Bonchev–Trinajstić information content (AvgIpc) is 3.16. The van der Waals surface area contributed by atoms with Crippen LogP contribution in [0, 0.1) is 5.41 Å². The predicted octanol–water partition coefficient (Wildman–Crippen LogP) is 7.61. The molecule has 0 bridgehead atoms. The van der Waals surface area contributed by atoms with Gasteiger partial charge < -0.3 is 4.57 Å². The minimum atomic E-state index is -4.40. The van der Waals surface area contributed by atoms with E-state index in [4.69, 9.17) is 0 Å². The fourth-order valence-corrected chi connectivity index (χ4v) is 3.58. The van der Waals surface area contributed by atoms with E-state index in [-0.39, 0.29) is 16.7 Å². The highest BCUT2D eigenvalue weighted by Crippen LogP contribution is 2.34. The van der Waals surface area contributed by atoms with E-state index < -0.39 is 11.7 Å². The van der Waals surface area contributed by atoms with Crippen molar-refractivity contribution in [2.45, 2.75) is 59.7 Å². The molecule has 0 aliphatic heterocycles. The summed E-state index contributed by atoms with van der Waals surface area (Å²) in [5.41, 5.74) is 2.37. The molecule has 0 radical (unpaired) electrons. The summed E-state index contributed by atoms with van der Waals surface area (Å²) in [6.07, 6.45) is -0.541. The summed E-state index contributed by atoms with van der Waals surface area (Å²) in [5.74, 6) is -0.00524. The molecule has 0 N–H and O–H groups in total. The Morgan fingerprint density at radius 1 is 0.875 bits per heavy atom. The average molecular weight is 443 g/mol. The molecule has 0 fully saturated rings. The maximum atomic E-state index is 13.1. The molecule has 3 nitrogen and oxygen atoms in total. The highest BCUT2D eigenvalue weighted by Gasteiger charge is 2.30. The molecule has 0 atom stereocenters. The lowest BCUT2D eigenvalue weighted by atomic mass is 9.86. The third-order valence-electron chi connectivity index (χ3n) is 5.15. The van der Waals surface area contributed by atoms with Gasteiger partial charge in [0.05, 0.1) is 23.8 Å². The Kier molecular flexibility index (Phi) is 6.11. The molecule has 0 amide bonds. The van der Waals surface area contributed by atoms with Gasteiger partial charge in [0.25, 0.3) is 0 Å². The van der Waals surface area contributed by atoms with Crippen LogP contribution in [0.2, 0.25) is 0 Å². The number of benzene rings is 2. The molecule has 1 aromatic heterocycles. The van der Waals surface area contributed by atoms with Crippen molar-refractivity contribution in [2.24, 2.45) is 5.41 Å². The second-order valence-electron chi connectivity index (χ2n) is 10.4. The van der Waals surface area contributed by atoms with Crippen molar-refractivity contribution in [3.63, 3.8) is 0 Å². The molecule has 0 aliphatic carbocycles. The Bertz CT molecular complexity index is 1110. The number of hydrogen-bond acceptors (Lipinski definition) is 2.